The van der Waals surface area contributed by atoms with Crippen molar-refractivity contribution in [1.29, 1.82) is 0 Å². The van der Waals surface area contributed by atoms with Crippen molar-refractivity contribution in [2.24, 2.45) is 4.99 Å². The van der Waals surface area contributed by atoms with Gasteiger partial charge in [0.1, 0.15) is 5.75 Å². The molecule has 0 saturated carbocycles. The van der Waals surface area contributed by atoms with Crippen LogP contribution in [-0.2, 0) is 13.0 Å². The number of rotatable bonds is 8. The fourth-order valence-corrected chi connectivity index (χ4v) is 2.55. The maximum atomic E-state index is 12.6. The molecule has 0 aliphatic rings. The molecule has 0 saturated heterocycles. The minimum absolute atomic E-state index is 0. The SMILES string of the molecule is CCNC(=NCc1cc(Cl)ccc1OC(F)F)NCCc1ccc(C)nc1.I. The summed E-state index contributed by atoms with van der Waals surface area (Å²) < 4.78 is 29.6. The Hall–Kier alpha value is -1.68. The molecule has 2 rings (SSSR count). The Morgan fingerprint density at radius 3 is 2.68 bits per heavy atom. The Labute approximate surface area is 186 Å². The lowest BCUT2D eigenvalue weighted by Crippen LogP contribution is -2.38. The lowest BCUT2D eigenvalue weighted by atomic mass is 10.2. The molecule has 0 spiro atoms. The molecule has 9 heteroatoms. The molecule has 5 nitrogen and oxygen atoms in total. The molecule has 1 aromatic carbocycles. The molecule has 1 heterocycles. The van der Waals surface area contributed by atoms with Crippen LogP contribution >= 0.6 is 35.6 Å². The van der Waals surface area contributed by atoms with E-state index in [1.165, 1.54) is 12.1 Å². The Morgan fingerprint density at radius 2 is 2.04 bits per heavy atom. The number of aliphatic imine (C=N–C) groups is 1. The predicted octanol–water partition coefficient (Wildman–Crippen LogP) is 4.56. The lowest BCUT2D eigenvalue weighted by Gasteiger charge is -2.13. The summed E-state index contributed by atoms with van der Waals surface area (Å²) in [7, 11) is 0. The Morgan fingerprint density at radius 1 is 1.25 bits per heavy atom. The largest absolute Gasteiger partial charge is 0.434 e. The molecule has 0 radical (unpaired) electrons. The number of benzene rings is 1. The van der Waals surface area contributed by atoms with Gasteiger partial charge in [0.25, 0.3) is 0 Å². The molecule has 0 fully saturated rings. The van der Waals surface area contributed by atoms with E-state index in [1.54, 1.807) is 6.07 Å². The van der Waals surface area contributed by atoms with Crippen molar-refractivity contribution >= 4 is 41.5 Å². The zero-order valence-corrected chi connectivity index (χ0v) is 18.8. The number of nitrogens with one attached hydrogen (secondary N) is 2. The van der Waals surface area contributed by atoms with Crippen LogP contribution in [0, 0.1) is 6.92 Å². The zero-order valence-electron chi connectivity index (χ0n) is 15.7. The van der Waals surface area contributed by atoms with Gasteiger partial charge in [-0.15, -0.1) is 24.0 Å². The smallest absolute Gasteiger partial charge is 0.387 e. The number of guanidine groups is 1. The number of alkyl halides is 2. The molecule has 0 amide bonds. The van der Waals surface area contributed by atoms with E-state index < -0.39 is 6.61 Å². The van der Waals surface area contributed by atoms with E-state index in [0.29, 0.717) is 29.6 Å². The van der Waals surface area contributed by atoms with Crippen LogP contribution < -0.4 is 15.4 Å². The van der Waals surface area contributed by atoms with Gasteiger partial charge < -0.3 is 15.4 Å². The lowest BCUT2D eigenvalue weighted by molar-refractivity contribution is -0.0504. The molecule has 2 aromatic rings. The summed E-state index contributed by atoms with van der Waals surface area (Å²) in [4.78, 5) is 8.70. The second-order valence-electron chi connectivity index (χ2n) is 5.81. The van der Waals surface area contributed by atoms with Crippen molar-refractivity contribution in [3.63, 3.8) is 0 Å². The normalized spacial score (nSPS) is 11.1. The molecular weight excluding hydrogens is 501 g/mol. The molecule has 0 aliphatic carbocycles. The highest BCUT2D eigenvalue weighted by molar-refractivity contribution is 14.0. The number of pyridine rings is 1. The summed E-state index contributed by atoms with van der Waals surface area (Å²) in [5, 5.41) is 6.78. The van der Waals surface area contributed by atoms with Gasteiger partial charge in [-0.25, -0.2) is 4.99 Å². The van der Waals surface area contributed by atoms with E-state index in [2.05, 4.69) is 25.3 Å². The van der Waals surface area contributed by atoms with E-state index in [-0.39, 0.29) is 36.3 Å². The first-order chi connectivity index (χ1) is 13.0. The number of halogens is 4. The van der Waals surface area contributed by atoms with Gasteiger partial charge in [-0.2, -0.15) is 8.78 Å². The fraction of sp³-hybridized carbons (Fsp3) is 0.368. The van der Waals surface area contributed by atoms with Crippen molar-refractivity contribution < 1.29 is 13.5 Å². The molecule has 2 N–H and O–H groups in total. The van der Waals surface area contributed by atoms with E-state index in [1.807, 2.05) is 32.2 Å². The summed E-state index contributed by atoms with van der Waals surface area (Å²) in [5.74, 6) is 0.653. The standard InChI is InChI=1S/C19H23ClF2N4O.HI/c1-3-23-19(24-9-8-14-5-4-13(2)25-11-14)26-12-15-10-16(20)6-7-17(15)27-18(21)22;/h4-7,10-11,18H,3,8-9,12H2,1-2H3,(H2,23,24,26);1H. The highest BCUT2D eigenvalue weighted by Gasteiger charge is 2.10. The van der Waals surface area contributed by atoms with E-state index in [4.69, 9.17) is 11.6 Å². The average Bonchev–Trinajstić information content (AvgIpc) is 2.63. The van der Waals surface area contributed by atoms with Gasteiger partial charge in [0.05, 0.1) is 6.54 Å². The van der Waals surface area contributed by atoms with Gasteiger partial charge in [-0.1, -0.05) is 17.7 Å². The van der Waals surface area contributed by atoms with Crippen LogP contribution in [0.25, 0.3) is 0 Å². The minimum Gasteiger partial charge on any atom is -0.434 e. The third-order valence-corrected chi connectivity index (χ3v) is 3.90. The quantitative estimate of drug-likeness (QED) is 0.302. The first-order valence-corrected chi connectivity index (χ1v) is 9.02. The second kappa shape index (κ2) is 12.7. The van der Waals surface area contributed by atoms with Crippen molar-refractivity contribution in [3.05, 3.63) is 58.4 Å². The van der Waals surface area contributed by atoms with Crippen LogP contribution in [0.4, 0.5) is 8.78 Å². The van der Waals surface area contributed by atoms with Crippen LogP contribution in [0.5, 0.6) is 5.75 Å². The molecule has 154 valence electrons. The Bertz CT molecular complexity index is 760. The molecule has 0 bridgehead atoms. The maximum Gasteiger partial charge on any atom is 0.387 e. The van der Waals surface area contributed by atoms with Crippen LogP contribution in [0.15, 0.2) is 41.5 Å². The number of nitrogens with zero attached hydrogens (tertiary/aromatic N) is 2. The summed E-state index contributed by atoms with van der Waals surface area (Å²) in [6.45, 7) is 2.49. The molecule has 0 atom stereocenters. The van der Waals surface area contributed by atoms with Crippen LogP contribution in [0.1, 0.15) is 23.7 Å². The van der Waals surface area contributed by atoms with Gasteiger partial charge in [0, 0.05) is 35.6 Å². The third kappa shape index (κ3) is 8.55. The third-order valence-electron chi connectivity index (χ3n) is 3.67. The Kier molecular flexibility index (Phi) is 11.1. The van der Waals surface area contributed by atoms with Crippen LogP contribution in [0.2, 0.25) is 5.02 Å². The summed E-state index contributed by atoms with van der Waals surface area (Å²) in [6, 6.07) is 8.51. The fourth-order valence-electron chi connectivity index (χ4n) is 2.36. The van der Waals surface area contributed by atoms with Crippen molar-refractivity contribution in [2.75, 3.05) is 13.1 Å². The van der Waals surface area contributed by atoms with Crippen molar-refractivity contribution in [3.8, 4) is 5.75 Å². The number of hydrogen-bond acceptors (Lipinski definition) is 3. The first-order valence-electron chi connectivity index (χ1n) is 8.65. The second-order valence-corrected chi connectivity index (χ2v) is 6.25. The summed E-state index contributed by atoms with van der Waals surface area (Å²) in [5.41, 5.74) is 2.58. The number of aryl methyl sites for hydroxylation is 1. The summed E-state index contributed by atoms with van der Waals surface area (Å²) in [6.07, 6.45) is 2.63. The number of aromatic nitrogens is 1. The molecule has 0 unspecified atom stereocenters. The molecule has 0 aliphatic heterocycles. The van der Waals surface area contributed by atoms with Crippen LogP contribution in [-0.4, -0.2) is 30.6 Å². The zero-order chi connectivity index (χ0) is 19.6. The van der Waals surface area contributed by atoms with Gasteiger partial charge in [0.2, 0.25) is 0 Å². The van der Waals surface area contributed by atoms with Crippen molar-refractivity contribution in [1.82, 2.24) is 15.6 Å². The predicted molar refractivity (Wildman–Crippen MR) is 119 cm³/mol. The maximum absolute atomic E-state index is 12.6. The van der Waals surface area contributed by atoms with E-state index in [0.717, 1.165) is 17.7 Å². The Balaban J connectivity index is 0.00000392. The van der Waals surface area contributed by atoms with Gasteiger partial charge in [-0.05, 0) is 50.1 Å². The van der Waals surface area contributed by atoms with E-state index in [9.17, 15) is 8.78 Å². The topological polar surface area (TPSA) is 58.5 Å². The minimum atomic E-state index is -2.90. The highest BCUT2D eigenvalue weighted by atomic mass is 127. The van der Waals surface area contributed by atoms with Gasteiger partial charge in [-0.3, -0.25) is 4.98 Å². The molecular formula is C19H24ClF2IN4O. The number of ether oxygens (including phenoxy) is 1. The summed E-state index contributed by atoms with van der Waals surface area (Å²) >= 11 is 5.96. The van der Waals surface area contributed by atoms with Crippen LogP contribution in [0.3, 0.4) is 0 Å². The van der Waals surface area contributed by atoms with E-state index >= 15 is 0 Å². The van der Waals surface area contributed by atoms with Gasteiger partial charge in [0.15, 0.2) is 5.96 Å². The van der Waals surface area contributed by atoms with Crippen molar-refractivity contribution in [2.45, 2.75) is 33.4 Å². The van der Waals surface area contributed by atoms with Gasteiger partial charge >= 0.3 is 6.61 Å². The molecule has 28 heavy (non-hydrogen) atoms. The average molecular weight is 525 g/mol. The first kappa shape index (κ1) is 24.4. The highest BCUT2D eigenvalue weighted by Crippen LogP contribution is 2.25. The monoisotopic (exact) mass is 524 g/mol. The molecule has 1 aromatic heterocycles. The number of hydrogen-bond donors (Lipinski definition) is 2.